The molecule has 0 amide bonds. The largest absolute Gasteiger partial charge is 0.444 e. The summed E-state index contributed by atoms with van der Waals surface area (Å²) in [6.07, 6.45) is 4.30. The first-order chi connectivity index (χ1) is 10.1. The van der Waals surface area contributed by atoms with Gasteiger partial charge in [0.05, 0.1) is 12.7 Å². The Hall–Kier alpha value is -1.13. The summed E-state index contributed by atoms with van der Waals surface area (Å²) in [6, 6.07) is 9.09. The van der Waals surface area contributed by atoms with Crippen LogP contribution in [-0.2, 0) is 6.54 Å². The molecule has 2 heterocycles. The molecule has 0 N–H and O–H groups in total. The van der Waals surface area contributed by atoms with Gasteiger partial charge in [-0.05, 0) is 37.1 Å². The monoisotopic (exact) mass is 348 g/mol. The predicted molar refractivity (Wildman–Crippen MR) is 87.1 cm³/mol. The second-order valence-corrected chi connectivity index (χ2v) is 6.91. The summed E-state index contributed by atoms with van der Waals surface area (Å²) >= 11 is 3.57. The number of likely N-dealkylation sites (tertiary alicyclic amines) is 1. The summed E-state index contributed by atoms with van der Waals surface area (Å²) in [7, 11) is 0. The highest BCUT2D eigenvalue weighted by atomic mass is 79.9. The van der Waals surface area contributed by atoms with Crippen molar-refractivity contribution in [1.82, 2.24) is 9.88 Å². The number of hydrogen-bond donors (Lipinski definition) is 0. The van der Waals surface area contributed by atoms with Gasteiger partial charge in [-0.1, -0.05) is 41.9 Å². The maximum Gasteiger partial charge on any atom is 0.208 e. The van der Waals surface area contributed by atoms with Crippen molar-refractivity contribution >= 4 is 15.9 Å². The summed E-state index contributed by atoms with van der Waals surface area (Å²) in [6.45, 7) is 6.16. The SMILES string of the molecule is CC(C)c1cnc(CN2CCCC2c2cccc(Br)c2)o1. The molecule has 1 aromatic heterocycles. The molecule has 0 spiro atoms. The maximum absolute atomic E-state index is 5.85. The van der Waals surface area contributed by atoms with Crippen molar-refractivity contribution in [3.05, 3.63) is 52.1 Å². The van der Waals surface area contributed by atoms with Crippen molar-refractivity contribution < 1.29 is 4.42 Å². The lowest BCUT2D eigenvalue weighted by Gasteiger charge is -2.23. The van der Waals surface area contributed by atoms with Gasteiger partial charge in [0.2, 0.25) is 5.89 Å². The van der Waals surface area contributed by atoms with Crippen LogP contribution in [0, 0.1) is 0 Å². The molecule has 0 saturated carbocycles. The summed E-state index contributed by atoms with van der Waals surface area (Å²) < 4.78 is 7.00. The van der Waals surface area contributed by atoms with Crippen molar-refractivity contribution in [1.29, 1.82) is 0 Å². The van der Waals surface area contributed by atoms with Crippen molar-refractivity contribution in [2.24, 2.45) is 0 Å². The molecule has 1 aliphatic rings. The van der Waals surface area contributed by atoms with E-state index in [0.717, 1.165) is 29.2 Å². The third-order valence-corrected chi connectivity index (χ3v) is 4.57. The highest BCUT2D eigenvalue weighted by Gasteiger charge is 2.27. The van der Waals surface area contributed by atoms with E-state index in [1.165, 1.54) is 18.4 Å². The molecule has 4 heteroatoms. The maximum atomic E-state index is 5.85. The minimum absolute atomic E-state index is 0.394. The summed E-state index contributed by atoms with van der Waals surface area (Å²) in [5.41, 5.74) is 1.37. The van der Waals surface area contributed by atoms with Crippen LogP contribution in [-0.4, -0.2) is 16.4 Å². The van der Waals surface area contributed by atoms with Gasteiger partial charge in [-0.2, -0.15) is 0 Å². The van der Waals surface area contributed by atoms with Gasteiger partial charge in [-0.3, -0.25) is 4.90 Å². The number of aromatic nitrogens is 1. The van der Waals surface area contributed by atoms with Gasteiger partial charge in [-0.25, -0.2) is 4.98 Å². The molecule has 1 atom stereocenters. The Morgan fingerprint density at radius 3 is 3.00 bits per heavy atom. The van der Waals surface area contributed by atoms with Crippen LogP contribution in [0.25, 0.3) is 0 Å². The molecular formula is C17H21BrN2O. The number of nitrogens with zero attached hydrogens (tertiary/aromatic N) is 2. The standard InChI is InChI=1S/C17H21BrN2O/c1-12(2)16-10-19-17(21-16)11-20-8-4-7-15(20)13-5-3-6-14(18)9-13/h3,5-6,9-10,12,15H,4,7-8,11H2,1-2H3. The van der Waals surface area contributed by atoms with Crippen molar-refractivity contribution in [3.8, 4) is 0 Å². The van der Waals surface area contributed by atoms with E-state index in [4.69, 9.17) is 4.42 Å². The van der Waals surface area contributed by atoms with Crippen LogP contribution in [0.1, 0.15) is 55.9 Å². The van der Waals surface area contributed by atoms with Gasteiger partial charge in [0, 0.05) is 16.4 Å². The molecule has 21 heavy (non-hydrogen) atoms. The summed E-state index contributed by atoms with van der Waals surface area (Å²) in [4.78, 5) is 6.90. The number of rotatable bonds is 4. The molecule has 1 aromatic carbocycles. The van der Waals surface area contributed by atoms with E-state index in [0.29, 0.717) is 12.0 Å². The molecule has 1 unspecified atom stereocenters. The number of oxazole rings is 1. The molecule has 112 valence electrons. The molecule has 1 aliphatic heterocycles. The fourth-order valence-electron chi connectivity index (χ4n) is 2.94. The second-order valence-electron chi connectivity index (χ2n) is 5.99. The van der Waals surface area contributed by atoms with Crippen molar-refractivity contribution in [3.63, 3.8) is 0 Å². The van der Waals surface area contributed by atoms with Crippen molar-refractivity contribution in [2.45, 2.75) is 45.2 Å². The minimum atomic E-state index is 0.394. The predicted octanol–water partition coefficient (Wildman–Crippen LogP) is 4.90. The number of hydrogen-bond acceptors (Lipinski definition) is 3. The van der Waals surface area contributed by atoms with Crippen LogP contribution in [0.4, 0.5) is 0 Å². The van der Waals surface area contributed by atoms with Crippen LogP contribution in [0.15, 0.2) is 39.4 Å². The van der Waals surface area contributed by atoms with Crippen LogP contribution >= 0.6 is 15.9 Å². The Kier molecular flexibility index (Phi) is 4.45. The van der Waals surface area contributed by atoms with Crippen LogP contribution in [0.2, 0.25) is 0 Å². The highest BCUT2D eigenvalue weighted by molar-refractivity contribution is 9.10. The summed E-state index contributed by atoms with van der Waals surface area (Å²) in [5, 5.41) is 0. The minimum Gasteiger partial charge on any atom is -0.444 e. The molecule has 3 nitrogen and oxygen atoms in total. The Morgan fingerprint density at radius 2 is 2.29 bits per heavy atom. The van der Waals surface area contributed by atoms with Gasteiger partial charge < -0.3 is 4.42 Å². The molecule has 1 saturated heterocycles. The Labute approximate surface area is 134 Å². The highest BCUT2D eigenvalue weighted by Crippen LogP contribution is 2.34. The molecule has 0 bridgehead atoms. The van der Waals surface area contributed by atoms with Gasteiger partial charge in [0.25, 0.3) is 0 Å². The van der Waals surface area contributed by atoms with Crippen molar-refractivity contribution in [2.75, 3.05) is 6.54 Å². The van der Waals surface area contributed by atoms with E-state index in [2.05, 4.69) is 63.9 Å². The second kappa shape index (κ2) is 6.32. The molecule has 0 aliphatic carbocycles. The molecule has 3 rings (SSSR count). The smallest absolute Gasteiger partial charge is 0.208 e. The lowest BCUT2D eigenvalue weighted by Crippen LogP contribution is -2.22. The van der Waals surface area contributed by atoms with E-state index >= 15 is 0 Å². The number of halogens is 1. The molecular weight excluding hydrogens is 328 g/mol. The lowest BCUT2D eigenvalue weighted by molar-refractivity contribution is 0.220. The lowest BCUT2D eigenvalue weighted by atomic mass is 10.0. The quantitative estimate of drug-likeness (QED) is 0.786. The molecule has 2 aromatic rings. The number of benzene rings is 1. The zero-order chi connectivity index (χ0) is 14.8. The normalized spacial score (nSPS) is 19.5. The zero-order valence-electron chi connectivity index (χ0n) is 12.6. The fourth-order valence-corrected chi connectivity index (χ4v) is 3.36. The van der Waals surface area contributed by atoms with Crippen LogP contribution in [0.5, 0.6) is 0 Å². The van der Waals surface area contributed by atoms with Gasteiger partial charge in [0.15, 0.2) is 0 Å². The van der Waals surface area contributed by atoms with Gasteiger partial charge in [-0.15, -0.1) is 0 Å². The van der Waals surface area contributed by atoms with E-state index in [9.17, 15) is 0 Å². The fraction of sp³-hybridized carbons (Fsp3) is 0.471. The third-order valence-electron chi connectivity index (χ3n) is 4.08. The molecule has 0 radical (unpaired) electrons. The van der Waals surface area contributed by atoms with Crippen LogP contribution in [0.3, 0.4) is 0 Å². The Balaban J connectivity index is 1.74. The molecule has 1 fully saturated rings. The Morgan fingerprint density at radius 1 is 1.43 bits per heavy atom. The zero-order valence-corrected chi connectivity index (χ0v) is 14.1. The first kappa shape index (κ1) is 14.8. The first-order valence-corrected chi connectivity index (χ1v) is 8.37. The average Bonchev–Trinajstić information content (AvgIpc) is 3.08. The van der Waals surface area contributed by atoms with Gasteiger partial charge in [0.1, 0.15) is 5.76 Å². The average molecular weight is 349 g/mol. The van der Waals surface area contributed by atoms with Gasteiger partial charge >= 0.3 is 0 Å². The van der Waals surface area contributed by atoms with E-state index in [1.807, 2.05) is 6.20 Å². The summed E-state index contributed by atoms with van der Waals surface area (Å²) in [5.74, 6) is 2.20. The first-order valence-electron chi connectivity index (χ1n) is 7.57. The Bertz CT molecular complexity index is 608. The van der Waals surface area contributed by atoms with Crippen LogP contribution < -0.4 is 0 Å². The van der Waals surface area contributed by atoms with E-state index in [-0.39, 0.29) is 0 Å². The van der Waals surface area contributed by atoms with E-state index < -0.39 is 0 Å². The van der Waals surface area contributed by atoms with E-state index in [1.54, 1.807) is 0 Å². The topological polar surface area (TPSA) is 29.3 Å². The third kappa shape index (κ3) is 3.38.